The number of thioether (sulfide) groups is 1. The molecule has 1 aliphatic rings. The van der Waals surface area contributed by atoms with Gasteiger partial charge in [0.15, 0.2) is 5.76 Å². The van der Waals surface area contributed by atoms with Crippen LogP contribution in [0.1, 0.15) is 39.1 Å². The summed E-state index contributed by atoms with van der Waals surface area (Å²) in [6, 6.07) is 2.70. The Labute approximate surface area is 120 Å². The summed E-state index contributed by atoms with van der Waals surface area (Å²) >= 11 is 2.04. The first kappa shape index (κ1) is 14.9. The van der Waals surface area contributed by atoms with Crippen molar-refractivity contribution in [3.8, 4) is 0 Å². The topological polar surface area (TPSA) is 41.3 Å². The van der Waals surface area contributed by atoms with Gasteiger partial charge >= 0.3 is 0 Å². The fourth-order valence-electron chi connectivity index (χ4n) is 2.07. The molecule has 1 atom stereocenters. The molecular weight excluding hydrogens is 258 g/mol. The zero-order valence-electron chi connectivity index (χ0n) is 12.4. The molecule has 2 heterocycles. The van der Waals surface area contributed by atoms with Crippen LogP contribution in [0.5, 0.6) is 0 Å². The van der Waals surface area contributed by atoms with Gasteiger partial charge in [-0.15, -0.1) is 0 Å². The number of rotatable bonds is 4. The van der Waals surface area contributed by atoms with Gasteiger partial charge in [0.05, 0.1) is 12.2 Å². The number of nitrogens with zero attached hydrogens (tertiary/aromatic N) is 2. The van der Waals surface area contributed by atoms with E-state index in [1.165, 1.54) is 11.5 Å². The highest BCUT2D eigenvalue weighted by Gasteiger charge is 2.20. The molecular formula is C14H25N3OS. The van der Waals surface area contributed by atoms with Crippen molar-refractivity contribution >= 4 is 11.8 Å². The first-order chi connectivity index (χ1) is 8.94. The largest absolute Gasteiger partial charge is 0.360 e. The van der Waals surface area contributed by atoms with Crippen LogP contribution in [-0.2, 0) is 13.1 Å². The summed E-state index contributed by atoms with van der Waals surface area (Å²) < 4.78 is 5.44. The summed E-state index contributed by atoms with van der Waals surface area (Å²) in [5.41, 5.74) is 1.10. The van der Waals surface area contributed by atoms with Gasteiger partial charge in [-0.2, -0.15) is 11.8 Å². The third kappa shape index (κ3) is 4.82. The highest BCUT2D eigenvalue weighted by Crippen LogP contribution is 2.19. The molecule has 1 saturated heterocycles. The Morgan fingerprint density at radius 3 is 3.00 bits per heavy atom. The molecule has 5 heteroatoms. The maximum Gasteiger partial charge on any atom is 0.151 e. The maximum atomic E-state index is 5.44. The molecule has 0 aromatic carbocycles. The number of hydrogen-bond acceptors (Lipinski definition) is 5. The summed E-state index contributed by atoms with van der Waals surface area (Å²) in [7, 11) is 0. The van der Waals surface area contributed by atoms with Crippen molar-refractivity contribution in [2.45, 2.75) is 52.4 Å². The monoisotopic (exact) mass is 283 g/mol. The highest BCUT2D eigenvalue weighted by molar-refractivity contribution is 7.99. The lowest BCUT2D eigenvalue weighted by atomic mass is 10.1. The Balaban J connectivity index is 1.86. The van der Waals surface area contributed by atoms with Crippen molar-refractivity contribution in [2.75, 3.05) is 18.1 Å². The van der Waals surface area contributed by atoms with Crippen molar-refractivity contribution in [3.05, 3.63) is 17.5 Å². The highest BCUT2D eigenvalue weighted by atomic mass is 32.2. The van der Waals surface area contributed by atoms with E-state index in [2.05, 4.69) is 49.1 Å². The molecule has 0 amide bonds. The minimum absolute atomic E-state index is 0.109. The van der Waals surface area contributed by atoms with E-state index in [9.17, 15) is 0 Å². The third-order valence-corrected chi connectivity index (χ3v) is 4.46. The van der Waals surface area contributed by atoms with Crippen molar-refractivity contribution in [1.82, 2.24) is 15.4 Å². The molecule has 0 saturated carbocycles. The van der Waals surface area contributed by atoms with Gasteiger partial charge in [-0.1, -0.05) is 5.16 Å². The van der Waals surface area contributed by atoms with Crippen molar-refractivity contribution in [1.29, 1.82) is 0 Å². The molecule has 0 spiro atoms. The molecule has 1 aliphatic heterocycles. The van der Waals surface area contributed by atoms with Crippen LogP contribution >= 0.6 is 11.8 Å². The summed E-state index contributed by atoms with van der Waals surface area (Å²) in [6.07, 6.45) is 0. The second-order valence-electron chi connectivity index (χ2n) is 6.28. The fourth-order valence-corrected chi connectivity index (χ4v) is 3.15. The summed E-state index contributed by atoms with van der Waals surface area (Å²) in [6.45, 7) is 11.5. The number of nitrogens with one attached hydrogen (secondary N) is 1. The van der Waals surface area contributed by atoms with Gasteiger partial charge < -0.3 is 9.84 Å². The minimum Gasteiger partial charge on any atom is -0.360 e. The predicted molar refractivity (Wildman–Crippen MR) is 80.3 cm³/mol. The van der Waals surface area contributed by atoms with Crippen LogP contribution in [0.2, 0.25) is 0 Å². The van der Waals surface area contributed by atoms with Gasteiger partial charge in [0.25, 0.3) is 0 Å². The molecule has 0 radical (unpaired) electrons. The standard InChI is InChI=1S/C14H25N3OS/c1-11-10-19-6-5-17(11)9-13-7-12(16-18-13)8-15-14(2,3)4/h7,11,15H,5-6,8-10H2,1-4H3. The Morgan fingerprint density at radius 2 is 2.32 bits per heavy atom. The van der Waals surface area contributed by atoms with E-state index in [1.54, 1.807) is 0 Å². The lowest BCUT2D eigenvalue weighted by molar-refractivity contribution is 0.197. The van der Waals surface area contributed by atoms with Gasteiger partial charge in [0.2, 0.25) is 0 Å². The van der Waals surface area contributed by atoms with E-state index in [0.717, 1.165) is 31.1 Å². The average molecular weight is 283 g/mol. The van der Waals surface area contributed by atoms with Gasteiger partial charge in [-0.05, 0) is 27.7 Å². The van der Waals surface area contributed by atoms with E-state index in [-0.39, 0.29) is 5.54 Å². The predicted octanol–water partition coefficient (Wildman–Crippen LogP) is 2.50. The van der Waals surface area contributed by atoms with Crippen LogP contribution in [0.15, 0.2) is 10.6 Å². The van der Waals surface area contributed by atoms with Crippen molar-refractivity contribution in [2.24, 2.45) is 0 Å². The maximum absolute atomic E-state index is 5.44. The lowest BCUT2D eigenvalue weighted by Crippen LogP contribution is -2.39. The van der Waals surface area contributed by atoms with Crippen LogP contribution in [-0.4, -0.2) is 39.7 Å². The van der Waals surface area contributed by atoms with E-state index in [4.69, 9.17) is 4.52 Å². The molecule has 2 rings (SSSR count). The van der Waals surface area contributed by atoms with E-state index in [0.29, 0.717) is 6.04 Å². The number of aromatic nitrogens is 1. The quantitative estimate of drug-likeness (QED) is 0.919. The third-order valence-electron chi connectivity index (χ3n) is 3.27. The molecule has 4 nitrogen and oxygen atoms in total. The van der Waals surface area contributed by atoms with Crippen LogP contribution < -0.4 is 5.32 Å². The van der Waals surface area contributed by atoms with Crippen molar-refractivity contribution < 1.29 is 4.52 Å². The van der Waals surface area contributed by atoms with E-state index in [1.807, 2.05) is 11.8 Å². The smallest absolute Gasteiger partial charge is 0.151 e. The second kappa shape index (κ2) is 6.29. The molecule has 108 valence electrons. The average Bonchev–Trinajstić information content (AvgIpc) is 2.77. The molecule has 1 N–H and O–H groups in total. The minimum atomic E-state index is 0.109. The molecule has 19 heavy (non-hydrogen) atoms. The van der Waals surface area contributed by atoms with Crippen molar-refractivity contribution in [3.63, 3.8) is 0 Å². The zero-order chi connectivity index (χ0) is 13.9. The lowest BCUT2D eigenvalue weighted by Gasteiger charge is -2.31. The molecule has 0 bridgehead atoms. The van der Waals surface area contributed by atoms with Gasteiger partial charge in [-0.3, -0.25) is 4.90 Å². The van der Waals surface area contributed by atoms with E-state index >= 15 is 0 Å². The van der Waals surface area contributed by atoms with Crippen LogP contribution in [0.4, 0.5) is 0 Å². The first-order valence-corrected chi connectivity index (χ1v) is 8.11. The normalized spacial score (nSPS) is 21.8. The molecule has 0 aliphatic carbocycles. The Morgan fingerprint density at radius 1 is 1.53 bits per heavy atom. The Bertz CT molecular complexity index is 400. The Hall–Kier alpha value is -0.520. The van der Waals surface area contributed by atoms with Crippen LogP contribution in [0.3, 0.4) is 0 Å². The zero-order valence-corrected chi connectivity index (χ0v) is 13.2. The second-order valence-corrected chi connectivity index (χ2v) is 7.43. The molecule has 1 aromatic rings. The van der Waals surface area contributed by atoms with Gasteiger partial charge in [0, 0.05) is 42.2 Å². The molecule has 1 fully saturated rings. The summed E-state index contributed by atoms with van der Waals surface area (Å²) in [4.78, 5) is 2.47. The SMILES string of the molecule is CC1CSCCN1Cc1cc(CNC(C)(C)C)no1. The summed E-state index contributed by atoms with van der Waals surface area (Å²) in [5, 5.41) is 7.56. The van der Waals surface area contributed by atoms with E-state index < -0.39 is 0 Å². The molecule has 1 unspecified atom stereocenters. The van der Waals surface area contributed by atoms with Crippen LogP contribution in [0.25, 0.3) is 0 Å². The first-order valence-electron chi connectivity index (χ1n) is 6.95. The number of hydrogen-bond donors (Lipinski definition) is 1. The van der Waals surface area contributed by atoms with Gasteiger partial charge in [-0.25, -0.2) is 0 Å². The summed E-state index contributed by atoms with van der Waals surface area (Å²) in [5.74, 6) is 3.41. The fraction of sp³-hybridized carbons (Fsp3) is 0.786. The van der Waals surface area contributed by atoms with Crippen LogP contribution in [0, 0.1) is 0 Å². The Kier molecular flexibility index (Phi) is 4.92. The van der Waals surface area contributed by atoms with Gasteiger partial charge in [0.1, 0.15) is 0 Å². The molecule has 1 aromatic heterocycles.